The largest absolute Gasteiger partial charge is 0.425 e. The van der Waals surface area contributed by atoms with Crippen LogP contribution in [0.1, 0.15) is 18.1 Å². The van der Waals surface area contributed by atoms with Crippen LogP contribution in [0.5, 0.6) is 11.8 Å². The van der Waals surface area contributed by atoms with E-state index in [4.69, 9.17) is 27.9 Å². The molecule has 0 saturated heterocycles. The maximum absolute atomic E-state index is 14.0. The van der Waals surface area contributed by atoms with Crippen LogP contribution in [0.25, 0.3) is 11.2 Å². The zero-order valence-corrected chi connectivity index (χ0v) is 20.0. The standard InChI is InChI=1S/C23H20Cl2F2N4O3/c1-23(26,27)16-12-15(8-9-17(16)25)34-21-28-19-18(20(32)30(3)22(33)29(19)2)31(21)11-10-13-4-6-14(24)7-5-13/h4-9,12H,10-11H2,1-3H3. The number of hydrogen-bond acceptors (Lipinski definition) is 4. The van der Waals surface area contributed by atoms with Gasteiger partial charge in [0, 0.05) is 43.2 Å². The number of aryl methyl sites for hydroxylation is 3. The Hall–Kier alpha value is -3.17. The molecule has 0 spiro atoms. The molecule has 0 aliphatic rings. The van der Waals surface area contributed by atoms with Gasteiger partial charge in [-0.2, -0.15) is 4.98 Å². The van der Waals surface area contributed by atoms with Gasteiger partial charge in [0.2, 0.25) is 0 Å². The van der Waals surface area contributed by atoms with Crippen LogP contribution >= 0.6 is 23.2 Å². The summed E-state index contributed by atoms with van der Waals surface area (Å²) < 4.78 is 37.5. The molecule has 34 heavy (non-hydrogen) atoms. The highest BCUT2D eigenvalue weighted by Gasteiger charge is 2.28. The molecular weight excluding hydrogens is 489 g/mol. The fraction of sp³-hybridized carbons (Fsp3) is 0.261. The second-order valence-electron chi connectivity index (χ2n) is 7.93. The number of alkyl halides is 2. The van der Waals surface area contributed by atoms with Crippen LogP contribution in [-0.4, -0.2) is 18.7 Å². The highest BCUT2D eigenvalue weighted by Crippen LogP contribution is 2.36. The predicted octanol–water partition coefficient (Wildman–Crippen LogP) is 4.89. The molecule has 2 heterocycles. The fourth-order valence-electron chi connectivity index (χ4n) is 3.61. The van der Waals surface area contributed by atoms with E-state index in [9.17, 15) is 18.4 Å². The Morgan fingerprint density at radius 1 is 1.03 bits per heavy atom. The first-order valence-electron chi connectivity index (χ1n) is 10.2. The van der Waals surface area contributed by atoms with Crippen molar-refractivity contribution in [1.82, 2.24) is 18.7 Å². The van der Waals surface area contributed by atoms with E-state index in [-0.39, 0.29) is 34.5 Å². The summed E-state index contributed by atoms with van der Waals surface area (Å²) in [5.41, 5.74) is -0.283. The molecule has 0 bridgehead atoms. The van der Waals surface area contributed by atoms with Gasteiger partial charge in [-0.05, 0) is 42.3 Å². The van der Waals surface area contributed by atoms with Crippen LogP contribution in [0.3, 0.4) is 0 Å². The van der Waals surface area contributed by atoms with Gasteiger partial charge in [-0.1, -0.05) is 35.3 Å². The summed E-state index contributed by atoms with van der Waals surface area (Å²) >= 11 is 11.9. The summed E-state index contributed by atoms with van der Waals surface area (Å²) in [5.74, 6) is -3.13. The SMILES string of the molecule is Cn1c(=O)c2c(nc(Oc3ccc(Cl)c(C(C)(F)F)c3)n2CCc2ccc(Cl)cc2)n(C)c1=O. The Bertz CT molecular complexity index is 1500. The number of fused-ring (bicyclic) bond motifs is 1. The van der Waals surface area contributed by atoms with Crippen LogP contribution in [0.15, 0.2) is 52.1 Å². The molecule has 2 aromatic heterocycles. The lowest BCUT2D eigenvalue weighted by atomic mass is 10.1. The zero-order valence-electron chi connectivity index (χ0n) is 18.5. The molecule has 4 rings (SSSR count). The summed E-state index contributed by atoms with van der Waals surface area (Å²) in [6.07, 6.45) is 0.490. The van der Waals surface area contributed by atoms with Gasteiger partial charge in [0.05, 0.1) is 0 Å². The quantitative estimate of drug-likeness (QED) is 0.371. The van der Waals surface area contributed by atoms with E-state index in [1.54, 1.807) is 12.1 Å². The van der Waals surface area contributed by atoms with Gasteiger partial charge in [-0.15, -0.1) is 0 Å². The highest BCUT2D eigenvalue weighted by atomic mass is 35.5. The van der Waals surface area contributed by atoms with Crippen molar-refractivity contribution in [3.63, 3.8) is 0 Å². The van der Waals surface area contributed by atoms with Crippen molar-refractivity contribution in [3.8, 4) is 11.8 Å². The predicted molar refractivity (Wildman–Crippen MR) is 126 cm³/mol. The maximum Gasteiger partial charge on any atom is 0.332 e. The second-order valence-corrected chi connectivity index (χ2v) is 8.78. The second kappa shape index (κ2) is 8.88. The number of rotatable bonds is 6. The van der Waals surface area contributed by atoms with E-state index >= 15 is 0 Å². The normalized spacial score (nSPS) is 11.9. The Morgan fingerprint density at radius 2 is 1.71 bits per heavy atom. The molecule has 0 atom stereocenters. The first-order chi connectivity index (χ1) is 16.0. The van der Waals surface area contributed by atoms with Crippen LogP contribution in [0, 0.1) is 0 Å². The molecule has 0 amide bonds. The molecular formula is C23H20Cl2F2N4O3. The molecule has 0 aliphatic carbocycles. The Labute approximate surface area is 202 Å². The van der Waals surface area contributed by atoms with E-state index in [1.807, 2.05) is 12.1 Å². The van der Waals surface area contributed by atoms with Crippen molar-refractivity contribution in [1.29, 1.82) is 0 Å². The van der Waals surface area contributed by atoms with Crippen molar-refractivity contribution < 1.29 is 13.5 Å². The molecule has 0 aliphatic heterocycles. The average molecular weight is 509 g/mol. The number of ether oxygens (including phenoxy) is 1. The molecule has 0 radical (unpaired) electrons. The van der Waals surface area contributed by atoms with Crippen LogP contribution in [0.4, 0.5) is 8.78 Å². The van der Waals surface area contributed by atoms with Gasteiger partial charge in [0.25, 0.3) is 11.5 Å². The van der Waals surface area contributed by atoms with Gasteiger partial charge in [0.15, 0.2) is 11.2 Å². The Kier molecular flexibility index (Phi) is 6.26. The zero-order chi connectivity index (χ0) is 24.8. The van der Waals surface area contributed by atoms with Gasteiger partial charge in [-0.25, -0.2) is 13.6 Å². The van der Waals surface area contributed by atoms with Crippen molar-refractivity contribution in [2.24, 2.45) is 14.1 Å². The highest BCUT2D eigenvalue weighted by molar-refractivity contribution is 6.31. The van der Waals surface area contributed by atoms with Crippen molar-refractivity contribution in [2.75, 3.05) is 0 Å². The van der Waals surface area contributed by atoms with Crippen LogP contribution in [-0.2, 0) is 33.0 Å². The molecule has 178 valence electrons. The van der Waals surface area contributed by atoms with Crippen molar-refractivity contribution in [2.45, 2.75) is 25.8 Å². The number of imidazole rings is 1. The smallest absolute Gasteiger partial charge is 0.332 e. The molecule has 0 unspecified atom stereocenters. The number of aromatic nitrogens is 4. The minimum atomic E-state index is -3.19. The number of halogens is 4. The molecule has 2 aromatic carbocycles. The number of hydrogen-bond donors (Lipinski definition) is 0. The summed E-state index contributed by atoms with van der Waals surface area (Å²) in [6.45, 7) is 1.00. The Balaban J connectivity index is 1.84. The van der Waals surface area contributed by atoms with E-state index in [2.05, 4.69) is 4.98 Å². The third-order valence-electron chi connectivity index (χ3n) is 5.47. The molecule has 0 fully saturated rings. The van der Waals surface area contributed by atoms with Crippen molar-refractivity contribution >= 4 is 34.4 Å². The molecule has 0 saturated carbocycles. The molecule has 11 heteroatoms. The lowest BCUT2D eigenvalue weighted by Gasteiger charge is -2.15. The lowest BCUT2D eigenvalue weighted by Crippen LogP contribution is -2.37. The van der Waals surface area contributed by atoms with E-state index in [1.165, 1.54) is 35.4 Å². The minimum absolute atomic E-state index is 0.0186. The molecule has 0 N–H and O–H groups in total. The van der Waals surface area contributed by atoms with Gasteiger partial charge in [-0.3, -0.25) is 18.5 Å². The van der Waals surface area contributed by atoms with E-state index in [0.717, 1.165) is 23.1 Å². The molecule has 4 aromatic rings. The number of nitrogens with zero attached hydrogens (tertiary/aromatic N) is 4. The average Bonchev–Trinajstić information content (AvgIpc) is 3.14. The van der Waals surface area contributed by atoms with Gasteiger partial charge < -0.3 is 4.74 Å². The van der Waals surface area contributed by atoms with Crippen LogP contribution in [0.2, 0.25) is 10.0 Å². The first kappa shape index (κ1) is 24.0. The third kappa shape index (κ3) is 4.45. The first-order valence-corrected chi connectivity index (χ1v) is 11.0. The van der Waals surface area contributed by atoms with Gasteiger partial charge in [0.1, 0.15) is 5.75 Å². The monoisotopic (exact) mass is 508 g/mol. The summed E-state index contributed by atoms with van der Waals surface area (Å²) in [5, 5.41) is 0.489. The summed E-state index contributed by atoms with van der Waals surface area (Å²) in [4.78, 5) is 29.7. The van der Waals surface area contributed by atoms with Gasteiger partial charge >= 0.3 is 11.7 Å². The summed E-state index contributed by atoms with van der Waals surface area (Å²) in [6, 6.07) is 11.1. The maximum atomic E-state index is 14.0. The lowest BCUT2D eigenvalue weighted by molar-refractivity contribution is 0.0174. The van der Waals surface area contributed by atoms with Crippen LogP contribution < -0.4 is 16.0 Å². The van der Waals surface area contributed by atoms with E-state index < -0.39 is 22.7 Å². The molecule has 7 nitrogen and oxygen atoms in total. The fourth-order valence-corrected chi connectivity index (χ4v) is 4.02. The topological polar surface area (TPSA) is 71.1 Å². The third-order valence-corrected chi connectivity index (χ3v) is 6.05. The van der Waals surface area contributed by atoms with Crippen molar-refractivity contribution in [3.05, 3.63) is 84.5 Å². The Morgan fingerprint density at radius 3 is 2.35 bits per heavy atom. The summed E-state index contributed by atoms with van der Waals surface area (Å²) in [7, 11) is 2.86. The van der Waals surface area contributed by atoms with E-state index in [0.29, 0.717) is 11.4 Å². The number of benzene rings is 2. The minimum Gasteiger partial charge on any atom is -0.425 e.